The van der Waals surface area contributed by atoms with Crippen LogP contribution in [0.5, 0.6) is 5.75 Å². The third-order valence-corrected chi connectivity index (χ3v) is 2.97. The first-order valence-electron chi connectivity index (χ1n) is 6.37. The van der Waals surface area contributed by atoms with E-state index >= 15 is 0 Å². The smallest absolute Gasteiger partial charge is 0.224 e. The molecule has 3 nitrogen and oxygen atoms in total. The van der Waals surface area contributed by atoms with Gasteiger partial charge in [-0.2, -0.15) is 0 Å². The van der Waals surface area contributed by atoms with Gasteiger partial charge < -0.3 is 10.5 Å². The Hall–Kier alpha value is -2.13. The lowest BCUT2D eigenvalue weighted by Gasteiger charge is -2.08. The molecule has 0 aliphatic carbocycles. The molecule has 0 aromatic heterocycles. The molecule has 0 amide bonds. The van der Waals surface area contributed by atoms with Crippen LogP contribution in [0, 0.1) is 0 Å². The van der Waals surface area contributed by atoms with Crippen LogP contribution in [0.25, 0.3) is 0 Å². The minimum Gasteiger partial charge on any atom is -0.494 e. The highest BCUT2D eigenvalue weighted by atomic mass is 16.5. The molecule has 0 radical (unpaired) electrons. The van der Waals surface area contributed by atoms with Crippen LogP contribution in [0.15, 0.2) is 54.6 Å². The molecule has 98 valence electrons. The summed E-state index contributed by atoms with van der Waals surface area (Å²) in [7, 11) is 0. The lowest BCUT2D eigenvalue weighted by molar-refractivity contribution is -0.404. The van der Waals surface area contributed by atoms with Gasteiger partial charge in [0.15, 0.2) is 6.04 Å². The van der Waals surface area contributed by atoms with Crippen LogP contribution in [0.2, 0.25) is 0 Å². The van der Waals surface area contributed by atoms with Gasteiger partial charge in [0.05, 0.1) is 6.61 Å². The molecule has 1 unspecified atom stereocenters. The Morgan fingerprint density at radius 1 is 1.11 bits per heavy atom. The molecular weight excluding hydrogens is 238 g/mol. The molecule has 2 rings (SSSR count). The van der Waals surface area contributed by atoms with Gasteiger partial charge in [-0.25, -0.2) is 0 Å². The Morgan fingerprint density at radius 2 is 1.74 bits per heavy atom. The molecular formula is C16H18NO2+. The summed E-state index contributed by atoms with van der Waals surface area (Å²) < 4.78 is 5.36. The largest absolute Gasteiger partial charge is 0.494 e. The van der Waals surface area contributed by atoms with Gasteiger partial charge in [-0.05, 0) is 31.2 Å². The van der Waals surface area contributed by atoms with Gasteiger partial charge in [-0.3, -0.25) is 4.79 Å². The molecule has 0 saturated carbocycles. The molecule has 19 heavy (non-hydrogen) atoms. The second-order valence-electron chi connectivity index (χ2n) is 4.28. The zero-order valence-corrected chi connectivity index (χ0v) is 11.0. The Morgan fingerprint density at radius 3 is 2.32 bits per heavy atom. The maximum absolute atomic E-state index is 12.3. The minimum absolute atomic E-state index is 0.0225. The minimum atomic E-state index is -0.376. The van der Waals surface area contributed by atoms with Gasteiger partial charge in [0.2, 0.25) is 5.78 Å². The summed E-state index contributed by atoms with van der Waals surface area (Å²) in [6, 6.07) is 16.4. The summed E-state index contributed by atoms with van der Waals surface area (Å²) in [5.74, 6) is 0.800. The van der Waals surface area contributed by atoms with Crippen LogP contribution in [0.3, 0.4) is 0 Å². The van der Waals surface area contributed by atoms with Crippen molar-refractivity contribution in [2.75, 3.05) is 6.61 Å². The van der Waals surface area contributed by atoms with E-state index in [-0.39, 0.29) is 11.8 Å². The number of carbonyl (C=O) groups excluding carboxylic acids is 1. The summed E-state index contributed by atoms with van der Waals surface area (Å²) in [4.78, 5) is 12.3. The Balaban J connectivity index is 2.15. The van der Waals surface area contributed by atoms with E-state index in [9.17, 15) is 4.79 Å². The summed E-state index contributed by atoms with van der Waals surface area (Å²) in [5.41, 5.74) is 5.55. The number of hydrogen-bond donors (Lipinski definition) is 1. The van der Waals surface area contributed by atoms with Crippen LogP contribution in [-0.4, -0.2) is 12.4 Å². The molecule has 0 aliphatic heterocycles. The average Bonchev–Trinajstić information content (AvgIpc) is 2.48. The zero-order valence-electron chi connectivity index (χ0n) is 11.0. The van der Waals surface area contributed by atoms with Crippen molar-refractivity contribution in [1.82, 2.24) is 0 Å². The monoisotopic (exact) mass is 256 g/mol. The first kappa shape index (κ1) is 13.3. The van der Waals surface area contributed by atoms with E-state index in [2.05, 4.69) is 5.73 Å². The van der Waals surface area contributed by atoms with E-state index in [1.165, 1.54) is 0 Å². The van der Waals surface area contributed by atoms with Crippen molar-refractivity contribution in [2.45, 2.75) is 13.0 Å². The highest BCUT2D eigenvalue weighted by molar-refractivity contribution is 5.99. The van der Waals surface area contributed by atoms with Gasteiger partial charge in [-0.1, -0.05) is 30.3 Å². The molecule has 3 heteroatoms. The van der Waals surface area contributed by atoms with E-state index in [4.69, 9.17) is 4.74 Å². The third-order valence-electron chi connectivity index (χ3n) is 2.97. The summed E-state index contributed by atoms with van der Waals surface area (Å²) in [6.07, 6.45) is 0. The number of carbonyl (C=O) groups is 1. The van der Waals surface area contributed by atoms with Gasteiger partial charge >= 0.3 is 0 Å². The number of ether oxygens (including phenoxy) is 1. The molecule has 0 bridgehead atoms. The molecule has 0 aliphatic rings. The summed E-state index contributed by atoms with van der Waals surface area (Å²) in [5, 5.41) is 0. The summed E-state index contributed by atoms with van der Waals surface area (Å²) >= 11 is 0. The number of rotatable bonds is 5. The van der Waals surface area contributed by atoms with Gasteiger partial charge in [0.1, 0.15) is 5.75 Å². The van der Waals surface area contributed by atoms with E-state index in [0.29, 0.717) is 12.2 Å². The highest BCUT2D eigenvalue weighted by Crippen LogP contribution is 2.17. The fourth-order valence-corrected chi connectivity index (χ4v) is 1.92. The van der Waals surface area contributed by atoms with Crippen LogP contribution in [0.4, 0.5) is 0 Å². The Labute approximate surface area is 113 Å². The molecule has 1 atom stereocenters. The molecule has 0 fully saturated rings. The first-order valence-corrected chi connectivity index (χ1v) is 6.37. The van der Waals surface area contributed by atoms with Crippen molar-refractivity contribution in [1.29, 1.82) is 0 Å². The quantitative estimate of drug-likeness (QED) is 0.834. The molecule has 2 aromatic rings. The van der Waals surface area contributed by atoms with Gasteiger partial charge in [0, 0.05) is 11.1 Å². The predicted octanol–water partition coefficient (Wildman–Crippen LogP) is 2.25. The van der Waals surface area contributed by atoms with Gasteiger partial charge in [0.25, 0.3) is 0 Å². The standard InChI is InChI=1S/C16H17NO2/c1-2-19-14-10-8-13(9-11-14)16(18)15(17)12-6-4-3-5-7-12/h3-11,15H,2,17H2,1H3/p+1. The molecule has 3 N–H and O–H groups in total. The van der Waals surface area contributed by atoms with E-state index in [1.54, 1.807) is 12.1 Å². The van der Waals surface area contributed by atoms with Crippen molar-refractivity contribution in [3.8, 4) is 5.75 Å². The highest BCUT2D eigenvalue weighted by Gasteiger charge is 2.20. The van der Waals surface area contributed by atoms with Crippen molar-refractivity contribution >= 4 is 5.78 Å². The summed E-state index contributed by atoms with van der Waals surface area (Å²) in [6.45, 7) is 2.55. The number of quaternary nitrogens is 1. The zero-order chi connectivity index (χ0) is 13.7. The van der Waals surface area contributed by atoms with Crippen molar-refractivity contribution in [3.63, 3.8) is 0 Å². The van der Waals surface area contributed by atoms with E-state index < -0.39 is 0 Å². The first-order chi connectivity index (χ1) is 9.22. The fraction of sp³-hybridized carbons (Fsp3) is 0.188. The Bertz CT molecular complexity index is 534. The van der Waals surface area contributed by atoms with Gasteiger partial charge in [-0.15, -0.1) is 0 Å². The maximum Gasteiger partial charge on any atom is 0.224 e. The lowest BCUT2D eigenvalue weighted by Crippen LogP contribution is -2.57. The normalized spacial score (nSPS) is 11.9. The van der Waals surface area contributed by atoms with Crippen LogP contribution in [-0.2, 0) is 0 Å². The lowest BCUT2D eigenvalue weighted by atomic mass is 9.98. The number of ketones is 1. The second kappa shape index (κ2) is 6.16. The van der Waals surface area contributed by atoms with E-state index in [1.807, 2.05) is 49.4 Å². The number of hydrogen-bond acceptors (Lipinski definition) is 2. The van der Waals surface area contributed by atoms with Crippen molar-refractivity contribution in [2.24, 2.45) is 0 Å². The van der Waals surface area contributed by atoms with Crippen LogP contribution in [0.1, 0.15) is 28.9 Å². The van der Waals surface area contributed by atoms with Crippen LogP contribution >= 0.6 is 0 Å². The molecule has 2 aromatic carbocycles. The fourth-order valence-electron chi connectivity index (χ4n) is 1.92. The third kappa shape index (κ3) is 3.20. The molecule has 0 saturated heterocycles. The SMILES string of the molecule is CCOc1ccc(C(=O)C([NH3+])c2ccccc2)cc1. The molecule has 0 heterocycles. The van der Waals surface area contributed by atoms with E-state index in [0.717, 1.165) is 11.3 Å². The second-order valence-corrected chi connectivity index (χ2v) is 4.28. The predicted molar refractivity (Wildman–Crippen MR) is 74.0 cm³/mol. The number of Topliss-reactive ketones (excluding diaryl/α,β-unsaturated/α-hetero) is 1. The number of benzene rings is 2. The average molecular weight is 256 g/mol. The van der Waals surface area contributed by atoms with Crippen LogP contribution < -0.4 is 10.5 Å². The topological polar surface area (TPSA) is 53.9 Å². The van der Waals surface area contributed by atoms with Crippen molar-refractivity contribution in [3.05, 3.63) is 65.7 Å². The Kier molecular flexibility index (Phi) is 4.31. The maximum atomic E-state index is 12.3. The van der Waals surface area contributed by atoms with Crippen molar-refractivity contribution < 1.29 is 15.3 Å². The molecule has 0 spiro atoms.